The minimum Gasteiger partial charge on any atom is -0.344 e. The lowest BCUT2D eigenvalue weighted by molar-refractivity contribution is 0.103. The first-order chi connectivity index (χ1) is 14.6. The average Bonchev–Trinajstić information content (AvgIpc) is 3.01. The van der Waals surface area contributed by atoms with Gasteiger partial charge in [0.25, 0.3) is 0 Å². The third kappa shape index (κ3) is 4.53. The van der Waals surface area contributed by atoms with E-state index in [-0.39, 0.29) is 16.6 Å². The van der Waals surface area contributed by atoms with Crippen LogP contribution < -0.4 is 0 Å². The highest BCUT2D eigenvalue weighted by Crippen LogP contribution is 2.34. The molecule has 0 fully saturated rings. The molecule has 0 aliphatic carbocycles. The van der Waals surface area contributed by atoms with Crippen molar-refractivity contribution in [2.45, 2.75) is 33.2 Å². The van der Waals surface area contributed by atoms with E-state index in [9.17, 15) is 13.2 Å². The normalized spacial score (nSPS) is 12.1. The first-order valence-corrected chi connectivity index (χ1v) is 12.5. The first-order valence-electron chi connectivity index (χ1n) is 10.1. The monoisotopic (exact) mass is 480 g/mol. The summed E-state index contributed by atoms with van der Waals surface area (Å²) in [6.07, 6.45) is 1.23. The predicted octanol–water partition coefficient (Wildman–Crippen LogP) is 5.33. The molecule has 1 heterocycles. The van der Waals surface area contributed by atoms with E-state index >= 15 is 0 Å². The van der Waals surface area contributed by atoms with Gasteiger partial charge in [0.1, 0.15) is 0 Å². The van der Waals surface area contributed by atoms with Gasteiger partial charge in [0.15, 0.2) is 5.78 Å². The average molecular weight is 481 g/mol. The number of nitrogens with zero attached hydrogens (tertiary/aromatic N) is 2. The Bertz CT molecular complexity index is 1250. The lowest BCUT2D eigenvalue weighted by Gasteiger charge is -2.14. The van der Waals surface area contributed by atoms with E-state index in [1.54, 1.807) is 18.2 Å². The van der Waals surface area contributed by atoms with Crippen LogP contribution in [0.15, 0.2) is 36.4 Å². The van der Waals surface area contributed by atoms with Crippen LogP contribution in [0.25, 0.3) is 10.9 Å². The second kappa shape index (κ2) is 9.33. The van der Waals surface area contributed by atoms with Crippen molar-refractivity contribution in [1.82, 2.24) is 8.87 Å². The van der Waals surface area contributed by atoms with Crippen molar-refractivity contribution in [1.29, 1.82) is 0 Å². The molecule has 1 aromatic heterocycles. The smallest absolute Gasteiger partial charge is 0.213 e. The Morgan fingerprint density at radius 2 is 1.77 bits per heavy atom. The molecule has 0 radical (unpaired) electrons. The summed E-state index contributed by atoms with van der Waals surface area (Å²) in [4.78, 5) is 13.5. The zero-order chi connectivity index (χ0) is 22.9. The van der Waals surface area contributed by atoms with Gasteiger partial charge >= 0.3 is 0 Å². The van der Waals surface area contributed by atoms with Gasteiger partial charge in [-0.1, -0.05) is 54.4 Å². The fourth-order valence-electron chi connectivity index (χ4n) is 3.86. The zero-order valence-corrected chi connectivity index (χ0v) is 20.4. The minimum absolute atomic E-state index is 0.0385. The third-order valence-corrected chi connectivity index (χ3v) is 8.31. The van der Waals surface area contributed by atoms with E-state index in [1.807, 2.05) is 25.1 Å². The lowest BCUT2D eigenvalue weighted by Crippen LogP contribution is -2.25. The molecule has 0 bridgehead atoms. The van der Waals surface area contributed by atoms with Crippen molar-refractivity contribution in [2.24, 2.45) is 0 Å². The van der Waals surface area contributed by atoms with Gasteiger partial charge in [-0.15, -0.1) is 0 Å². The molecule has 0 atom stereocenters. The Morgan fingerprint density at radius 1 is 1.10 bits per heavy atom. The van der Waals surface area contributed by atoms with Crippen LogP contribution in [0.4, 0.5) is 0 Å². The molecule has 0 amide bonds. The number of para-hydroxylation sites is 1. The molecule has 0 N–H and O–H groups in total. The van der Waals surface area contributed by atoms with Gasteiger partial charge in [-0.3, -0.25) is 4.79 Å². The molecule has 3 aromatic rings. The number of aromatic nitrogens is 1. The molecular weight excluding hydrogens is 455 g/mol. The fourth-order valence-corrected chi connectivity index (χ4v) is 5.11. The largest absolute Gasteiger partial charge is 0.344 e. The Kier molecular flexibility index (Phi) is 7.16. The first kappa shape index (κ1) is 23.8. The van der Waals surface area contributed by atoms with Crippen molar-refractivity contribution in [3.63, 3.8) is 0 Å². The SMILES string of the molecule is CCc1cccc2c(C(=O)c3cccc(Cl)c3Cl)c(C)n(CCCS(=O)(=O)N(C)C)c12. The van der Waals surface area contributed by atoms with Gasteiger partial charge in [0.2, 0.25) is 10.0 Å². The van der Waals surface area contributed by atoms with Crippen LogP contribution in [0.2, 0.25) is 10.0 Å². The van der Waals surface area contributed by atoms with Crippen LogP contribution in [0.3, 0.4) is 0 Å². The quantitative estimate of drug-likeness (QED) is 0.409. The number of rotatable bonds is 8. The maximum atomic E-state index is 13.5. The van der Waals surface area contributed by atoms with Crippen molar-refractivity contribution in [2.75, 3.05) is 19.8 Å². The summed E-state index contributed by atoms with van der Waals surface area (Å²) in [5.74, 6) is -0.153. The number of sulfonamides is 1. The van der Waals surface area contributed by atoms with Crippen molar-refractivity contribution in [3.05, 3.63) is 68.8 Å². The molecule has 0 saturated heterocycles. The highest BCUT2D eigenvalue weighted by molar-refractivity contribution is 7.89. The highest BCUT2D eigenvalue weighted by Gasteiger charge is 2.25. The topological polar surface area (TPSA) is 59.4 Å². The number of ketones is 1. The number of aryl methyl sites for hydroxylation is 2. The number of carbonyl (C=O) groups is 1. The molecule has 0 aliphatic heterocycles. The van der Waals surface area contributed by atoms with Crippen LogP contribution in [-0.2, 0) is 23.0 Å². The van der Waals surface area contributed by atoms with Gasteiger partial charge in [0, 0.05) is 37.3 Å². The summed E-state index contributed by atoms with van der Waals surface area (Å²) in [6, 6.07) is 10.9. The third-order valence-electron chi connectivity index (χ3n) is 5.57. The van der Waals surface area contributed by atoms with Crippen molar-refractivity contribution >= 4 is 49.9 Å². The minimum atomic E-state index is -3.29. The van der Waals surface area contributed by atoms with Crippen LogP contribution >= 0.6 is 23.2 Å². The Balaban J connectivity index is 2.13. The van der Waals surface area contributed by atoms with Crippen molar-refractivity contribution in [3.8, 4) is 0 Å². The van der Waals surface area contributed by atoms with Gasteiger partial charge in [0.05, 0.1) is 26.9 Å². The molecule has 31 heavy (non-hydrogen) atoms. The van der Waals surface area contributed by atoms with Gasteiger partial charge < -0.3 is 4.57 Å². The molecule has 8 heteroatoms. The number of halogens is 2. The molecule has 3 rings (SSSR count). The van der Waals surface area contributed by atoms with Crippen LogP contribution in [0.5, 0.6) is 0 Å². The van der Waals surface area contributed by atoms with E-state index in [2.05, 4.69) is 11.5 Å². The summed E-state index contributed by atoms with van der Waals surface area (Å²) in [5.41, 5.74) is 3.79. The van der Waals surface area contributed by atoms with Crippen molar-refractivity contribution < 1.29 is 13.2 Å². The molecular formula is C23H26Cl2N2O3S. The zero-order valence-electron chi connectivity index (χ0n) is 18.1. The van der Waals surface area contributed by atoms with Crippen LogP contribution in [-0.4, -0.2) is 42.9 Å². The summed E-state index contributed by atoms with van der Waals surface area (Å²) in [6.45, 7) is 4.45. The summed E-state index contributed by atoms with van der Waals surface area (Å²) in [7, 11) is -0.224. The number of benzene rings is 2. The highest BCUT2D eigenvalue weighted by atomic mass is 35.5. The molecule has 0 saturated carbocycles. The second-order valence-corrected chi connectivity index (χ2v) is 10.7. The predicted molar refractivity (Wildman–Crippen MR) is 128 cm³/mol. The molecule has 0 unspecified atom stereocenters. The Morgan fingerprint density at radius 3 is 2.42 bits per heavy atom. The maximum Gasteiger partial charge on any atom is 0.213 e. The summed E-state index contributed by atoms with van der Waals surface area (Å²) < 4.78 is 27.7. The van der Waals surface area contributed by atoms with E-state index in [1.165, 1.54) is 18.4 Å². The van der Waals surface area contributed by atoms with Crippen LogP contribution in [0.1, 0.15) is 40.5 Å². The fraction of sp³-hybridized carbons (Fsp3) is 0.348. The summed E-state index contributed by atoms with van der Waals surface area (Å²) in [5, 5.41) is 1.41. The second-order valence-electron chi connectivity index (χ2n) is 7.66. The standard InChI is InChI=1S/C23H26Cl2N2O3S/c1-5-16-9-6-10-17-20(23(28)18-11-7-12-19(24)21(18)25)15(2)27(22(16)17)13-8-14-31(29,30)26(3)4/h6-7,9-12H,5,8,13-14H2,1-4H3. The number of hydrogen-bond donors (Lipinski definition) is 0. The van der Waals surface area contributed by atoms with Gasteiger partial charge in [-0.2, -0.15) is 0 Å². The number of hydrogen-bond acceptors (Lipinski definition) is 3. The molecule has 5 nitrogen and oxygen atoms in total. The van der Waals surface area contributed by atoms with E-state index in [4.69, 9.17) is 23.2 Å². The lowest BCUT2D eigenvalue weighted by atomic mass is 9.99. The molecule has 2 aromatic carbocycles. The van der Waals surface area contributed by atoms with Gasteiger partial charge in [-0.25, -0.2) is 12.7 Å². The van der Waals surface area contributed by atoms with E-state index in [0.29, 0.717) is 29.1 Å². The Hall–Kier alpha value is -1.86. The maximum absolute atomic E-state index is 13.5. The molecule has 0 spiro atoms. The molecule has 0 aliphatic rings. The van der Waals surface area contributed by atoms with E-state index < -0.39 is 10.0 Å². The Labute approximate surface area is 193 Å². The van der Waals surface area contributed by atoms with E-state index in [0.717, 1.165) is 28.6 Å². The summed E-state index contributed by atoms with van der Waals surface area (Å²) >= 11 is 12.5. The molecule has 166 valence electrons. The van der Waals surface area contributed by atoms with Gasteiger partial charge in [-0.05, 0) is 37.5 Å². The number of carbonyl (C=O) groups excluding carboxylic acids is 1. The number of fused-ring (bicyclic) bond motifs is 1. The van der Waals surface area contributed by atoms with Crippen LogP contribution in [0, 0.1) is 6.92 Å².